The van der Waals surface area contributed by atoms with Gasteiger partial charge in [-0.15, -0.1) is 0 Å². The molecule has 0 aromatic heterocycles. The second-order valence-corrected chi connectivity index (χ2v) is 8.09. The van der Waals surface area contributed by atoms with Gasteiger partial charge in [0.05, 0.1) is 0 Å². The lowest BCUT2D eigenvalue weighted by Crippen LogP contribution is -2.62. The van der Waals surface area contributed by atoms with Gasteiger partial charge in [0.15, 0.2) is 0 Å². The molecule has 84 valence electrons. The van der Waals surface area contributed by atoms with Crippen LogP contribution < -0.4 is 10.9 Å². The lowest BCUT2D eigenvalue weighted by atomic mass is 10.4. The van der Waals surface area contributed by atoms with Crippen molar-refractivity contribution in [1.82, 2.24) is 0 Å². The highest BCUT2D eigenvalue weighted by molar-refractivity contribution is 6.87. The van der Waals surface area contributed by atoms with Gasteiger partial charge in [0.1, 0.15) is 0 Å². The Kier molecular flexibility index (Phi) is 4.51. The van der Waals surface area contributed by atoms with Crippen LogP contribution in [0.1, 0.15) is 20.8 Å². The van der Waals surface area contributed by atoms with Crippen molar-refractivity contribution in [2.45, 2.75) is 32.5 Å². The molecular weight excluding hydrogens is 202 g/mol. The van der Waals surface area contributed by atoms with E-state index in [2.05, 4.69) is 38.1 Å². The third kappa shape index (κ3) is 2.48. The minimum absolute atomic E-state index is 0.129. The van der Waals surface area contributed by atoms with Crippen molar-refractivity contribution >= 4 is 13.5 Å². The molecule has 0 amide bonds. The van der Waals surface area contributed by atoms with Crippen molar-refractivity contribution in [3.8, 4) is 0 Å². The summed E-state index contributed by atoms with van der Waals surface area (Å²) in [5.74, 6) is 0. The zero-order valence-electron chi connectivity index (χ0n) is 9.86. The van der Waals surface area contributed by atoms with Gasteiger partial charge in [0, 0.05) is 12.3 Å². The first-order valence-corrected chi connectivity index (χ1v) is 7.81. The highest BCUT2D eigenvalue weighted by Gasteiger charge is 2.38. The van der Waals surface area contributed by atoms with Crippen molar-refractivity contribution in [2.75, 3.05) is 6.61 Å². The molecule has 0 aliphatic heterocycles. The average Bonchev–Trinajstić information content (AvgIpc) is 2.26. The fraction of sp³-hybridized carbons (Fsp3) is 0.500. The molecule has 0 fully saturated rings. The Labute approximate surface area is 93.6 Å². The van der Waals surface area contributed by atoms with Crippen LogP contribution in [0.4, 0.5) is 0 Å². The monoisotopic (exact) mass is 223 g/mol. The van der Waals surface area contributed by atoms with E-state index in [1.807, 2.05) is 13.0 Å². The van der Waals surface area contributed by atoms with E-state index in [9.17, 15) is 0 Å². The first-order chi connectivity index (χ1) is 7.17. The van der Waals surface area contributed by atoms with Gasteiger partial charge in [0.2, 0.25) is 8.32 Å². The molecule has 0 heterocycles. The van der Waals surface area contributed by atoms with E-state index >= 15 is 0 Å². The fourth-order valence-corrected chi connectivity index (χ4v) is 5.57. The van der Waals surface area contributed by atoms with Crippen molar-refractivity contribution in [3.63, 3.8) is 0 Å². The molecule has 0 aliphatic rings. The van der Waals surface area contributed by atoms with Gasteiger partial charge >= 0.3 is 0 Å². The van der Waals surface area contributed by atoms with Crippen LogP contribution in [0, 0.1) is 0 Å². The second kappa shape index (κ2) is 5.44. The second-order valence-electron chi connectivity index (χ2n) is 3.83. The minimum atomic E-state index is -1.95. The SMILES string of the molecule is CCO[Si](CC)(c1ccccc1)C(C)N. The molecule has 0 saturated carbocycles. The third-order valence-corrected chi connectivity index (χ3v) is 7.56. The molecule has 0 bridgehead atoms. The normalized spacial score (nSPS) is 17.1. The number of hydrogen-bond donors (Lipinski definition) is 1. The molecule has 2 unspecified atom stereocenters. The standard InChI is InChI=1S/C12H21NOSi/c1-4-14-15(5-2,11(3)13)12-9-7-6-8-10-12/h6-11H,4-5,13H2,1-3H3. The van der Waals surface area contributed by atoms with Gasteiger partial charge in [0.25, 0.3) is 0 Å². The Bertz CT molecular complexity index is 289. The number of benzene rings is 1. The molecule has 0 aliphatic carbocycles. The molecule has 1 aromatic carbocycles. The summed E-state index contributed by atoms with van der Waals surface area (Å²) in [6.07, 6.45) is 0. The van der Waals surface area contributed by atoms with Gasteiger partial charge in [-0.2, -0.15) is 0 Å². The molecule has 2 nitrogen and oxygen atoms in total. The summed E-state index contributed by atoms with van der Waals surface area (Å²) in [5.41, 5.74) is 6.27. The van der Waals surface area contributed by atoms with E-state index in [1.165, 1.54) is 5.19 Å². The quantitative estimate of drug-likeness (QED) is 0.772. The van der Waals surface area contributed by atoms with Crippen LogP contribution in [-0.4, -0.2) is 20.6 Å². The van der Waals surface area contributed by atoms with E-state index in [-0.39, 0.29) is 5.67 Å². The van der Waals surface area contributed by atoms with E-state index in [1.54, 1.807) is 0 Å². The van der Waals surface area contributed by atoms with Crippen LogP contribution in [0.15, 0.2) is 30.3 Å². The van der Waals surface area contributed by atoms with Crippen LogP contribution in [0.25, 0.3) is 0 Å². The molecule has 0 spiro atoms. The molecular formula is C12H21NOSi. The molecule has 2 N–H and O–H groups in total. The van der Waals surface area contributed by atoms with Gasteiger partial charge < -0.3 is 10.2 Å². The topological polar surface area (TPSA) is 35.2 Å². The van der Waals surface area contributed by atoms with Crippen molar-refractivity contribution in [2.24, 2.45) is 5.73 Å². The predicted octanol–water partition coefficient (Wildman–Crippen LogP) is 1.78. The van der Waals surface area contributed by atoms with E-state index in [0.717, 1.165) is 12.7 Å². The van der Waals surface area contributed by atoms with Crippen LogP contribution >= 0.6 is 0 Å². The van der Waals surface area contributed by atoms with Gasteiger partial charge in [-0.25, -0.2) is 0 Å². The van der Waals surface area contributed by atoms with Gasteiger partial charge in [-0.1, -0.05) is 37.3 Å². The van der Waals surface area contributed by atoms with Crippen molar-refractivity contribution < 1.29 is 4.43 Å². The number of nitrogens with two attached hydrogens (primary N) is 1. The Balaban J connectivity index is 3.09. The molecule has 0 radical (unpaired) electrons. The Hall–Kier alpha value is -0.643. The maximum Gasteiger partial charge on any atom is 0.239 e. The summed E-state index contributed by atoms with van der Waals surface area (Å²) >= 11 is 0. The molecule has 1 rings (SSSR count). The first-order valence-electron chi connectivity index (χ1n) is 5.62. The maximum atomic E-state index is 6.14. The molecule has 2 atom stereocenters. The highest BCUT2D eigenvalue weighted by atomic mass is 28.4. The smallest absolute Gasteiger partial charge is 0.239 e. The summed E-state index contributed by atoms with van der Waals surface area (Å²) < 4.78 is 6.04. The number of rotatable bonds is 5. The predicted molar refractivity (Wildman–Crippen MR) is 67.6 cm³/mol. The van der Waals surface area contributed by atoms with Crippen molar-refractivity contribution in [1.29, 1.82) is 0 Å². The summed E-state index contributed by atoms with van der Waals surface area (Å²) in [7, 11) is -1.95. The van der Waals surface area contributed by atoms with E-state index in [0.29, 0.717) is 0 Å². The van der Waals surface area contributed by atoms with Crippen molar-refractivity contribution in [3.05, 3.63) is 30.3 Å². The summed E-state index contributed by atoms with van der Waals surface area (Å²) in [6, 6.07) is 11.5. The Morgan fingerprint density at radius 2 is 1.87 bits per heavy atom. The Morgan fingerprint density at radius 1 is 1.27 bits per heavy atom. The molecule has 1 aromatic rings. The van der Waals surface area contributed by atoms with Crippen LogP contribution in [-0.2, 0) is 4.43 Å². The largest absolute Gasteiger partial charge is 0.411 e. The Morgan fingerprint density at radius 3 is 2.27 bits per heavy atom. The van der Waals surface area contributed by atoms with E-state index in [4.69, 9.17) is 10.2 Å². The first kappa shape index (κ1) is 12.4. The zero-order valence-corrected chi connectivity index (χ0v) is 10.9. The molecule has 3 heteroatoms. The fourth-order valence-electron chi connectivity index (χ4n) is 2.08. The summed E-state index contributed by atoms with van der Waals surface area (Å²) in [6.45, 7) is 7.04. The zero-order chi connectivity index (χ0) is 11.3. The average molecular weight is 223 g/mol. The number of hydrogen-bond acceptors (Lipinski definition) is 2. The van der Waals surface area contributed by atoms with Crippen LogP contribution in [0.5, 0.6) is 0 Å². The third-order valence-electron chi connectivity index (χ3n) is 2.93. The summed E-state index contributed by atoms with van der Waals surface area (Å²) in [5, 5.41) is 1.31. The van der Waals surface area contributed by atoms with E-state index < -0.39 is 8.32 Å². The summed E-state index contributed by atoms with van der Waals surface area (Å²) in [4.78, 5) is 0. The minimum Gasteiger partial charge on any atom is -0.411 e. The highest BCUT2D eigenvalue weighted by Crippen LogP contribution is 2.15. The lowest BCUT2D eigenvalue weighted by Gasteiger charge is -2.33. The van der Waals surface area contributed by atoms with Gasteiger partial charge in [-0.05, 0) is 25.1 Å². The lowest BCUT2D eigenvalue weighted by molar-refractivity contribution is 0.323. The van der Waals surface area contributed by atoms with Crippen LogP contribution in [0.3, 0.4) is 0 Å². The molecule has 15 heavy (non-hydrogen) atoms. The van der Waals surface area contributed by atoms with Crippen LogP contribution in [0.2, 0.25) is 6.04 Å². The maximum absolute atomic E-state index is 6.14. The molecule has 0 saturated heterocycles. The van der Waals surface area contributed by atoms with Gasteiger partial charge in [-0.3, -0.25) is 0 Å².